The van der Waals surface area contributed by atoms with Crippen molar-refractivity contribution >= 4 is 28.4 Å². The first-order chi connectivity index (χ1) is 11.6. The molecule has 4 aromatic rings. The second kappa shape index (κ2) is 5.46. The van der Waals surface area contributed by atoms with Gasteiger partial charge < -0.3 is 4.57 Å². The fraction of sp³-hybridized carbons (Fsp3) is 0.111. The van der Waals surface area contributed by atoms with Crippen molar-refractivity contribution in [1.29, 1.82) is 0 Å². The van der Waals surface area contributed by atoms with E-state index < -0.39 is 0 Å². The summed E-state index contributed by atoms with van der Waals surface area (Å²) in [6.07, 6.45) is 0. The number of benzene rings is 2. The molecule has 0 aliphatic rings. The second-order valence-electron chi connectivity index (χ2n) is 5.65. The molecular weight excluding hydrogens is 329 g/mol. The van der Waals surface area contributed by atoms with Crippen LogP contribution in [-0.2, 0) is 6.54 Å². The minimum absolute atomic E-state index is 0.160. The molecule has 2 heterocycles. The third-order valence-electron chi connectivity index (χ3n) is 4.06. The van der Waals surface area contributed by atoms with Crippen molar-refractivity contribution in [1.82, 2.24) is 14.0 Å². The Balaban J connectivity index is 2.08. The van der Waals surface area contributed by atoms with Crippen molar-refractivity contribution in [2.24, 2.45) is 0 Å². The standard InChI is InChI=1S/C18H13ClFN3O/c1-11-9-17(24)23-16-8-3-2-7-15(16)22(18(23)21-11)10-12-13(19)5-4-6-14(12)20/h2-9H,10H2,1H3. The van der Waals surface area contributed by atoms with E-state index in [9.17, 15) is 9.18 Å². The Morgan fingerprint density at radius 3 is 2.62 bits per heavy atom. The van der Waals surface area contributed by atoms with Gasteiger partial charge in [-0.3, -0.25) is 4.79 Å². The van der Waals surface area contributed by atoms with E-state index in [0.29, 0.717) is 22.1 Å². The molecule has 0 radical (unpaired) electrons. The first kappa shape index (κ1) is 14.9. The molecule has 24 heavy (non-hydrogen) atoms. The van der Waals surface area contributed by atoms with Crippen LogP contribution in [0.1, 0.15) is 11.3 Å². The minimum Gasteiger partial charge on any atom is -0.305 e. The third kappa shape index (κ3) is 2.20. The largest absolute Gasteiger partial charge is 0.305 e. The number of hydrogen-bond acceptors (Lipinski definition) is 2. The summed E-state index contributed by atoms with van der Waals surface area (Å²) < 4.78 is 17.6. The first-order valence-electron chi connectivity index (χ1n) is 7.47. The first-order valence-corrected chi connectivity index (χ1v) is 7.84. The van der Waals surface area contributed by atoms with E-state index in [4.69, 9.17) is 11.6 Å². The van der Waals surface area contributed by atoms with Crippen LogP contribution in [0.3, 0.4) is 0 Å². The summed E-state index contributed by atoms with van der Waals surface area (Å²) in [7, 11) is 0. The highest BCUT2D eigenvalue weighted by atomic mass is 35.5. The van der Waals surface area contributed by atoms with E-state index in [2.05, 4.69) is 4.98 Å². The van der Waals surface area contributed by atoms with Gasteiger partial charge in [-0.25, -0.2) is 13.8 Å². The SMILES string of the molecule is Cc1cc(=O)n2c3ccccc3n(Cc3c(F)cccc3Cl)c2n1. The normalized spacial score (nSPS) is 11.5. The molecule has 0 saturated carbocycles. The molecule has 0 amide bonds. The molecule has 0 aliphatic carbocycles. The summed E-state index contributed by atoms with van der Waals surface area (Å²) in [6.45, 7) is 1.96. The zero-order valence-electron chi connectivity index (χ0n) is 12.8. The van der Waals surface area contributed by atoms with E-state index >= 15 is 0 Å². The predicted octanol–water partition coefficient (Wildman–Crippen LogP) is 3.80. The highest BCUT2D eigenvalue weighted by Crippen LogP contribution is 2.24. The molecule has 4 rings (SSSR count). The zero-order chi connectivity index (χ0) is 16.8. The fourth-order valence-corrected chi connectivity index (χ4v) is 3.20. The monoisotopic (exact) mass is 341 g/mol. The summed E-state index contributed by atoms with van der Waals surface area (Å²) in [5, 5.41) is 0.348. The minimum atomic E-state index is -0.381. The quantitative estimate of drug-likeness (QED) is 0.556. The van der Waals surface area contributed by atoms with Crippen LogP contribution >= 0.6 is 11.6 Å². The molecular formula is C18H13ClFN3O. The Hall–Kier alpha value is -2.66. The van der Waals surface area contributed by atoms with Gasteiger partial charge in [0.05, 0.1) is 17.6 Å². The third-order valence-corrected chi connectivity index (χ3v) is 4.42. The fourth-order valence-electron chi connectivity index (χ4n) is 2.98. The van der Waals surface area contributed by atoms with Crippen LogP contribution in [-0.4, -0.2) is 14.0 Å². The van der Waals surface area contributed by atoms with Gasteiger partial charge in [-0.15, -0.1) is 0 Å². The molecule has 2 aromatic carbocycles. The lowest BCUT2D eigenvalue weighted by Crippen LogP contribution is -2.15. The molecule has 0 spiro atoms. The number of nitrogens with zero attached hydrogens (tertiary/aromatic N) is 3. The van der Waals surface area contributed by atoms with Gasteiger partial charge >= 0.3 is 0 Å². The van der Waals surface area contributed by atoms with E-state index in [1.54, 1.807) is 19.1 Å². The van der Waals surface area contributed by atoms with E-state index in [0.717, 1.165) is 11.0 Å². The maximum absolute atomic E-state index is 14.2. The molecule has 0 N–H and O–H groups in total. The smallest absolute Gasteiger partial charge is 0.259 e. The van der Waals surface area contributed by atoms with Crippen molar-refractivity contribution in [3.05, 3.63) is 81.0 Å². The Labute approximate surface area is 141 Å². The van der Waals surface area contributed by atoms with Crippen molar-refractivity contribution in [3.8, 4) is 0 Å². The van der Waals surface area contributed by atoms with Gasteiger partial charge in [-0.1, -0.05) is 29.8 Å². The topological polar surface area (TPSA) is 39.3 Å². The molecule has 0 atom stereocenters. The van der Waals surface area contributed by atoms with E-state index in [1.165, 1.54) is 16.5 Å². The summed E-state index contributed by atoms with van der Waals surface area (Å²) >= 11 is 6.17. The number of halogens is 2. The van der Waals surface area contributed by atoms with Crippen LogP contribution in [0.15, 0.2) is 53.3 Å². The lowest BCUT2D eigenvalue weighted by atomic mass is 10.2. The summed E-state index contributed by atoms with van der Waals surface area (Å²) in [5.74, 6) is 0.0916. The Morgan fingerprint density at radius 2 is 1.88 bits per heavy atom. The van der Waals surface area contributed by atoms with Crippen LogP contribution in [0.5, 0.6) is 0 Å². The molecule has 0 aliphatic heterocycles. The number of para-hydroxylation sites is 2. The maximum Gasteiger partial charge on any atom is 0.259 e. The molecule has 120 valence electrons. The molecule has 6 heteroatoms. The van der Waals surface area contributed by atoms with Crippen molar-refractivity contribution < 1.29 is 4.39 Å². The van der Waals surface area contributed by atoms with Gasteiger partial charge in [-0.05, 0) is 31.2 Å². The average molecular weight is 342 g/mol. The van der Waals surface area contributed by atoms with Crippen LogP contribution in [0, 0.1) is 12.7 Å². The van der Waals surface area contributed by atoms with Crippen molar-refractivity contribution in [3.63, 3.8) is 0 Å². The van der Waals surface area contributed by atoms with Crippen molar-refractivity contribution in [2.45, 2.75) is 13.5 Å². The molecule has 0 fully saturated rings. The summed E-state index contributed by atoms with van der Waals surface area (Å²) in [4.78, 5) is 16.9. The van der Waals surface area contributed by atoms with Crippen LogP contribution < -0.4 is 5.56 Å². The van der Waals surface area contributed by atoms with E-state index in [-0.39, 0.29) is 17.9 Å². The molecule has 0 unspecified atom stereocenters. The van der Waals surface area contributed by atoms with Gasteiger partial charge in [-0.2, -0.15) is 0 Å². The molecule has 0 saturated heterocycles. The van der Waals surface area contributed by atoms with E-state index in [1.807, 2.05) is 28.8 Å². The second-order valence-corrected chi connectivity index (χ2v) is 6.05. The van der Waals surface area contributed by atoms with Crippen LogP contribution in [0.2, 0.25) is 5.02 Å². The highest BCUT2D eigenvalue weighted by Gasteiger charge is 2.16. The summed E-state index contributed by atoms with van der Waals surface area (Å²) in [5.41, 5.74) is 2.36. The lowest BCUT2D eigenvalue weighted by molar-refractivity contribution is 0.603. The number of rotatable bonds is 2. The zero-order valence-corrected chi connectivity index (χ0v) is 13.6. The van der Waals surface area contributed by atoms with Gasteiger partial charge in [0.1, 0.15) is 5.82 Å². The Bertz CT molecular complexity index is 1130. The van der Waals surface area contributed by atoms with Crippen molar-refractivity contribution in [2.75, 3.05) is 0 Å². The number of aryl methyl sites for hydroxylation is 1. The highest BCUT2D eigenvalue weighted by molar-refractivity contribution is 6.31. The number of imidazole rings is 1. The summed E-state index contributed by atoms with van der Waals surface area (Å²) in [6, 6.07) is 13.5. The Morgan fingerprint density at radius 1 is 1.12 bits per heavy atom. The number of aromatic nitrogens is 3. The van der Waals surface area contributed by atoms with Gasteiger partial charge in [0.15, 0.2) is 0 Å². The maximum atomic E-state index is 14.2. The van der Waals surface area contributed by atoms with Gasteiger partial charge in [0, 0.05) is 22.3 Å². The van der Waals surface area contributed by atoms with Gasteiger partial charge in [0.2, 0.25) is 5.78 Å². The number of hydrogen-bond donors (Lipinski definition) is 0. The Kier molecular flexibility index (Phi) is 3.39. The van der Waals surface area contributed by atoms with Crippen LogP contribution in [0.4, 0.5) is 4.39 Å². The molecule has 2 aromatic heterocycles. The van der Waals surface area contributed by atoms with Gasteiger partial charge in [0.25, 0.3) is 5.56 Å². The average Bonchev–Trinajstić information content (AvgIpc) is 2.85. The predicted molar refractivity (Wildman–Crippen MR) is 92.2 cm³/mol. The molecule has 4 nitrogen and oxygen atoms in total. The number of fused-ring (bicyclic) bond motifs is 3. The van der Waals surface area contributed by atoms with Crippen LogP contribution in [0.25, 0.3) is 16.8 Å². The lowest BCUT2D eigenvalue weighted by Gasteiger charge is -2.09. The molecule has 0 bridgehead atoms.